The third-order valence-electron chi connectivity index (χ3n) is 2.79. The van der Waals surface area contributed by atoms with Gasteiger partial charge in [0.15, 0.2) is 0 Å². The summed E-state index contributed by atoms with van der Waals surface area (Å²) in [7, 11) is 1.51. The zero-order chi connectivity index (χ0) is 15.4. The van der Waals surface area contributed by atoms with Crippen molar-refractivity contribution in [3.63, 3.8) is 0 Å². The quantitative estimate of drug-likeness (QED) is 0.593. The molecule has 0 unspecified atom stereocenters. The Bertz CT molecular complexity index is 677. The van der Waals surface area contributed by atoms with E-state index in [-0.39, 0.29) is 5.91 Å². The number of halogens is 2. The van der Waals surface area contributed by atoms with Crippen LogP contribution in [0.1, 0.15) is 10.4 Å². The van der Waals surface area contributed by atoms with Crippen LogP contribution in [-0.2, 0) is 0 Å². The number of carbonyl (C=O) groups is 1. The van der Waals surface area contributed by atoms with Crippen molar-refractivity contribution in [3.8, 4) is 5.75 Å². The largest absolute Gasteiger partial charge is 0.495 e. The minimum atomic E-state index is -0.383. The molecule has 0 bridgehead atoms. The Labute approximate surface area is 132 Å². The van der Waals surface area contributed by atoms with Crippen LogP contribution in [0.2, 0.25) is 10.0 Å². The zero-order valence-electron chi connectivity index (χ0n) is 11.1. The second-order valence-electron chi connectivity index (χ2n) is 4.13. The number of hydrazine groups is 1. The molecular formula is C14H13Cl2N3O2. The van der Waals surface area contributed by atoms with Crippen molar-refractivity contribution in [2.75, 3.05) is 17.9 Å². The maximum Gasteiger partial charge on any atom is 0.257 e. The molecule has 1 amide bonds. The van der Waals surface area contributed by atoms with Gasteiger partial charge in [0.1, 0.15) is 5.75 Å². The fraction of sp³-hybridized carbons (Fsp3) is 0.0714. The van der Waals surface area contributed by atoms with Gasteiger partial charge >= 0.3 is 0 Å². The summed E-state index contributed by atoms with van der Waals surface area (Å²) in [6, 6.07) is 9.70. The fourth-order valence-electron chi connectivity index (χ4n) is 1.80. The van der Waals surface area contributed by atoms with Gasteiger partial charge in [0.2, 0.25) is 0 Å². The van der Waals surface area contributed by atoms with Crippen LogP contribution < -0.4 is 21.3 Å². The lowest BCUT2D eigenvalue weighted by molar-refractivity contribution is 0.102. The molecule has 0 spiro atoms. The van der Waals surface area contributed by atoms with Gasteiger partial charge in [-0.1, -0.05) is 23.2 Å². The Balaban J connectivity index is 2.34. The molecule has 0 atom stereocenters. The van der Waals surface area contributed by atoms with Crippen LogP contribution in [0.15, 0.2) is 36.4 Å². The van der Waals surface area contributed by atoms with E-state index in [0.29, 0.717) is 32.7 Å². The number of nitrogens with one attached hydrogen (secondary N) is 2. The molecule has 0 saturated heterocycles. The van der Waals surface area contributed by atoms with Gasteiger partial charge in [0.25, 0.3) is 5.91 Å². The SMILES string of the molecule is COc1ccc(Cl)cc1NC(=O)c1cc(Cl)ccc1NN. The molecule has 2 rings (SSSR count). The molecule has 110 valence electrons. The highest BCUT2D eigenvalue weighted by Crippen LogP contribution is 2.29. The average Bonchev–Trinajstić information content (AvgIpc) is 2.47. The normalized spacial score (nSPS) is 10.1. The fourth-order valence-corrected chi connectivity index (χ4v) is 2.14. The van der Waals surface area contributed by atoms with Gasteiger partial charge in [-0.15, -0.1) is 0 Å². The standard InChI is InChI=1S/C14H13Cl2N3O2/c1-21-13-5-3-9(16)7-12(13)18-14(20)10-6-8(15)2-4-11(10)19-17/h2-7,19H,17H2,1H3,(H,18,20). The van der Waals surface area contributed by atoms with Crippen LogP contribution >= 0.6 is 23.2 Å². The first-order valence-electron chi connectivity index (χ1n) is 5.96. The number of rotatable bonds is 4. The number of benzene rings is 2. The molecule has 0 aromatic heterocycles. The van der Waals surface area contributed by atoms with E-state index in [4.69, 9.17) is 33.8 Å². The zero-order valence-corrected chi connectivity index (χ0v) is 12.6. The van der Waals surface area contributed by atoms with Crippen LogP contribution in [-0.4, -0.2) is 13.0 Å². The molecule has 0 saturated carbocycles. The highest BCUT2D eigenvalue weighted by atomic mass is 35.5. The van der Waals surface area contributed by atoms with E-state index in [1.54, 1.807) is 30.3 Å². The van der Waals surface area contributed by atoms with Crippen molar-refractivity contribution in [2.45, 2.75) is 0 Å². The van der Waals surface area contributed by atoms with E-state index in [9.17, 15) is 4.79 Å². The minimum Gasteiger partial charge on any atom is -0.495 e. The third kappa shape index (κ3) is 3.58. The first kappa shape index (κ1) is 15.4. The number of ether oxygens (including phenoxy) is 1. The topological polar surface area (TPSA) is 76.4 Å². The molecule has 0 aliphatic carbocycles. The molecule has 0 aliphatic heterocycles. The summed E-state index contributed by atoms with van der Waals surface area (Å²) in [5.74, 6) is 5.51. The molecule has 7 heteroatoms. The Morgan fingerprint density at radius 3 is 2.43 bits per heavy atom. The van der Waals surface area contributed by atoms with Gasteiger partial charge in [0.05, 0.1) is 24.0 Å². The predicted molar refractivity (Wildman–Crippen MR) is 85.2 cm³/mol. The number of carbonyl (C=O) groups excluding carboxylic acids is 1. The summed E-state index contributed by atoms with van der Waals surface area (Å²) < 4.78 is 5.18. The number of hydrogen-bond donors (Lipinski definition) is 3. The summed E-state index contributed by atoms with van der Waals surface area (Å²) in [6.45, 7) is 0. The lowest BCUT2D eigenvalue weighted by Crippen LogP contribution is -2.17. The summed E-state index contributed by atoms with van der Waals surface area (Å²) in [4.78, 5) is 12.4. The van der Waals surface area contributed by atoms with Crippen molar-refractivity contribution in [2.24, 2.45) is 5.84 Å². The van der Waals surface area contributed by atoms with Crippen molar-refractivity contribution in [3.05, 3.63) is 52.0 Å². The van der Waals surface area contributed by atoms with Gasteiger partial charge in [-0.2, -0.15) is 0 Å². The third-order valence-corrected chi connectivity index (χ3v) is 3.26. The lowest BCUT2D eigenvalue weighted by Gasteiger charge is -2.13. The summed E-state index contributed by atoms with van der Waals surface area (Å²) in [6.07, 6.45) is 0. The molecule has 2 aromatic carbocycles. The van der Waals surface area contributed by atoms with Gasteiger partial charge in [-0.05, 0) is 36.4 Å². The van der Waals surface area contributed by atoms with Crippen molar-refractivity contribution in [1.82, 2.24) is 0 Å². The van der Waals surface area contributed by atoms with Crippen molar-refractivity contribution < 1.29 is 9.53 Å². The minimum absolute atomic E-state index is 0.312. The lowest BCUT2D eigenvalue weighted by atomic mass is 10.1. The van der Waals surface area contributed by atoms with Crippen molar-refractivity contribution in [1.29, 1.82) is 0 Å². The monoisotopic (exact) mass is 325 g/mol. The van der Waals surface area contributed by atoms with Crippen LogP contribution in [0.25, 0.3) is 0 Å². The highest BCUT2D eigenvalue weighted by Gasteiger charge is 2.14. The van der Waals surface area contributed by atoms with Crippen LogP contribution in [0, 0.1) is 0 Å². The predicted octanol–water partition coefficient (Wildman–Crippen LogP) is 3.54. The number of amides is 1. The van der Waals surface area contributed by atoms with E-state index in [1.807, 2.05) is 0 Å². The Morgan fingerprint density at radius 2 is 1.76 bits per heavy atom. The molecular weight excluding hydrogens is 313 g/mol. The van der Waals surface area contributed by atoms with Crippen LogP contribution in [0.5, 0.6) is 5.75 Å². The number of hydrogen-bond acceptors (Lipinski definition) is 4. The smallest absolute Gasteiger partial charge is 0.257 e. The first-order chi connectivity index (χ1) is 10.0. The van der Waals surface area contributed by atoms with Gasteiger partial charge < -0.3 is 15.5 Å². The molecule has 4 N–H and O–H groups in total. The van der Waals surface area contributed by atoms with E-state index in [1.165, 1.54) is 13.2 Å². The molecule has 5 nitrogen and oxygen atoms in total. The summed E-state index contributed by atoms with van der Waals surface area (Å²) in [5.41, 5.74) is 3.68. The molecule has 0 aliphatic rings. The van der Waals surface area contributed by atoms with Crippen LogP contribution in [0.4, 0.5) is 11.4 Å². The number of anilines is 2. The van der Waals surface area contributed by atoms with E-state index < -0.39 is 0 Å². The average molecular weight is 326 g/mol. The number of nitrogen functional groups attached to an aromatic ring is 1. The van der Waals surface area contributed by atoms with E-state index >= 15 is 0 Å². The first-order valence-corrected chi connectivity index (χ1v) is 6.72. The Morgan fingerprint density at radius 1 is 1.10 bits per heavy atom. The second kappa shape index (κ2) is 6.67. The maximum absolute atomic E-state index is 12.4. The number of nitrogens with two attached hydrogens (primary N) is 1. The number of methoxy groups -OCH3 is 1. The van der Waals surface area contributed by atoms with E-state index in [0.717, 1.165) is 0 Å². The highest BCUT2D eigenvalue weighted by molar-refractivity contribution is 6.31. The molecule has 21 heavy (non-hydrogen) atoms. The van der Waals surface area contributed by atoms with Crippen molar-refractivity contribution >= 4 is 40.5 Å². The van der Waals surface area contributed by atoms with Gasteiger partial charge in [-0.25, -0.2) is 0 Å². The maximum atomic E-state index is 12.4. The summed E-state index contributed by atoms with van der Waals surface area (Å²) in [5, 5.41) is 3.63. The molecule has 0 fully saturated rings. The Hall–Kier alpha value is -1.95. The van der Waals surface area contributed by atoms with Gasteiger partial charge in [0, 0.05) is 10.0 Å². The second-order valence-corrected chi connectivity index (χ2v) is 5.01. The molecule has 0 heterocycles. The summed E-state index contributed by atoms with van der Waals surface area (Å²) >= 11 is 11.8. The molecule has 0 radical (unpaired) electrons. The van der Waals surface area contributed by atoms with Crippen LogP contribution in [0.3, 0.4) is 0 Å². The van der Waals surface area contributed by atoms with E-state index in [2.05, 4.69) is 10.7 Å². The Kier molecular flexibility index (Phi) is 4.90. The van der Waals surface area contributed by atoms with Gasteiger partial charge in [-0.3, -0.25) is 10.6 Å². The molecule has 2 aromatic rings.